The van der Waals surface area contributed by atoms with Crippen LogP contribution in [0.5, 0.6) is 0 Å². The van der Waals surface area contributed by atoms with Crippen molar-refractivity contribution in [1.29, 1.82) is 0 Å². The van der Waals surface area contributed by atoms with Gasteiger partial charge in [0, 0.05) is 12.5 Å². The van der Waals surface area contributed by atoms with E-state index >= 15 is 0 Å². The fourth-order valence-corrected chi connectivity index (χ4v) is 2.61. The minimum absolute atomic E-state index is 0.0497. The second kappa shape index (κ2) is 6.40. The van der Waals surface area contributed by atoms with Gasteiger partial charge in [-0.1, -0.05) is 39.0 Å². The zero-order valence-corrected chi connectivity index (χ0v) is 13.2. The molecule has 0 radical (unpaired) electrons. The van der Waals surface area contributed by atoms with Crippen LogP contribution in [0.2, 0.25) is 0 Å². The number of allylic oxidation sites excluding steroid dienone is 2. The van der Waals surface area contributed by atoms with E-state index in [1.54, 1.807) is 6.20 Å². The Morgan fingerprint density at radius 3 is 2.58 bits per heavy atom. The van der Waals surface area contributed by atoms with Crippen molar-refractivity contribution in [2.75, 3.05) is 6.54 Å². The second-order valence-electron chi connectivity index (χ2n) is 6.70. The predicted octanol–water partition coefficient (Wildman–Crippen LogP) is 4.39. The van der Waals surface area contributed by atoms with Crippen LogP contribution in [0.4, 0.5) is 0 Å². The van der Waals surface area contributed by atoms with Gasteiger partial charge in [-0.15, -0.1) is 0 Å². The third kappa shape index (κ3) is 4.52. The van der Waals surface area contributed by atoms with E-state index < -0.39 is 0 Å². The number of rotatable bonds is 7. The molecule has 0 aromatic rings. The molecule has 1 amide bonds. The van der Waals surface area contributed by atoms with Crippen molar-refractivity contribution in [2.45, 2.75) is 53.9 Å². The Hall–Kier alpha value is -1.05. The van der Waals surface area contributed by atoms with E-state index in [2.05, 4.69) is 33.4 Å². The van der Waals surface area contributed by atoms with Gasteiger partial charge in [0.1, 0.15) is 0 Å². The summed E-state index contributed by atoms with van der Waals surface area (Å²) in [6.07, 6.45) is 7.62. The minimum Gasteiger partial charge on any atom is -0.319 e. The molecular weight excluding hydrogens is 234 g/mol. The summed E-state index contributed by atoms with van der Waals surface area (Å²) in [6, 6.07) is 0. The van der Waals surface area contributed by atoms with Crippen molar-refractivity contribution < 1.29 is 4.79 Å². The van der Waals surface area contributed by atoms with Crippen molar-refractivity contribution in [3.05, 3.63) is 24.4 Å². The Kier molecular flexibility index (Phi) is 5.39. The molecule has 1 rings (SSSR count). The molecule has 19 heavy (non-hydrogen) atoms. The van der Waals surface area contributed by atoms with Gasteiger partial charge < -0.3 is 4.90 Å². The highest BCUT2D eigenvalue weighted by molar-refractivity contribution is 5.79. The summed E-state index contributed by atoms with van der Waals surface area (Å²) in [4.78, 5) is 13.8. The fraction of sp³-hybridized carbons (Fsp3) is 0.706. The first-order chi connectivity index (χ1) is 8.80. The summed E-state index contributed by atoms with van der Waals surface area (Å²) < 4.78 is 0. The fourth-order valence-electron chi connectivity index (χ4n) is 2.61. The molecule has 0 aliphatic heterocycles. The van der Waals surface area contributed by atoms with Crippen LogP contribution in [0.1, 0.15) is 53.9 Å². The lowest BCUT2D eigenvalue weighted by molar-refractivity contribution is -0.132. The van der Waals surface area contributed by atoms with E-state index in [1.165, 1.54) is 18.4 Å². The molecule has 0 N–H and O–H groups in total. The topological polar surface area (TPSA) is 20.3 Å². The smallest absolute Gasteiger partial charge is 0.229 e. The van der Waals surface area contributed by atoms with Gasteiger partial charge in [-0.2, -0.15) is 0 Å². The van der Waals surface area contributed by atoms with Crippen molar-refractivity contribution in [3.63, 3.8) is 0 Å². The lowest BCUT2D eigenvalue weighted by Gasteiger charge is -2.21. The summed E-state index contributed by atoms with van der Waals surface area (Å²) in [7, 11) is 0. The van der Waals surface area contributed by atoms with Crippen LogP contribution in [0.15, 0.2) is 24.4 Å². The molecule has 108 valence electrons. The summed E-state index contributed by atoms with van der Waals surface area (Å²) in [6.45, 7) is 15.1. The first-order valence-electron chi connectivity index (χ1n) is 7.36. The Balaban J connectivity index is 2.45. The van der Waals surface area contributed by atoms with E-state index in [0.717, 1.165) is 13.0 Å². The van der Waals surface area contributed by atoms with Gasteiger partial charge in [-0.25, -0.2) is 0 Å². The van der Waals surface area contributed by atoms with Crippen LogP contribution in [-0.2, 0) is 4.79 Å². The van der Waals surface area contributed by atoms with Gasteiger partial charge in [-0.3, -0.25) is 4.79 Å². The maximum absolute atomic E-state index is 12.0. The van der Waals surface area contributed by atoms with Gasteiger partial charge in [0.15, 0.2) is 0 Å². The number of carbonyl (C=O) groups is 1. The number of carbonyl (C=O) groups excluding carboxylic acids is 1. The molecule has 1 fully saturated rings. The molecule has 0 spiro atoms. The molecule has 1 aliphatic carbocycles. The Labute approximate surface area is 118 Å². The standard InChI is InChI=1S/C17H29NO/c1-7-18(16(19)14(4)5)12-15-11-17(15,6)10-8-9-13(2)3/h7,9,14-15H,1,8,10-12H2,2-6H3. The SMILES string of the molecule is C=CN(CC1CC1(C)CCC=C(C)C)C(=O)C(C)C. The minimum atomic E-state index is 0.0497. The van der Waals surface area contributed by atoms with Crippen LogP contribution in [0, 0.1) is 17.3 Å². The molecule has 2 atom stereocenters. The molecule has 0 aromatic carbocycles. The average Bonchev–Trinajstić information content (AvgIpc) is 2.95. The third-order valence-corrected chi connectivity index (χ3v) is 4.22. The average molecular weight is 263 g/mol. The Morgan fingerprint density at radius 2 is 2.11 bits per heavy atom. The van der Waals surface area contributed by atoms with Gasteiger partial charge in [0.25, 0.3) is 0 Å². The van der Waals surface area contributed by atoms with Gasteiger partial charge in [0.05, 0.1) is 0 Å². The van der Waals surface area contributed by atoms with E-state index in [-0.39, 0.29) is 11.8 Å². The highest BCUT2D eigenvalue weighted by Crippen LogP contribution is 2.55. The second-order valence-corrected chi connectivity index (χ2v) is 6.70. The van der Waals surface area contributed by atoms with Crippen LogP contribution in [-0.4, -0.2) is 17.4 Å². The third-order valence-electron chi connectivity index (χ3n) is 4.22. The Bertz CT molecular complexity index is 365. The Morgan fingerprint density at radius 1 is 1.47 bits per heavy atom. The largest absolute Gasteiger partial charge is 0.319 e. The molecule has 1 aliphatic rings. The number of hydrogen-bond donors (Lipinski definition) is 0. The maximum Gasteiger partial charge on any atom is 0.229 e. The highest BCUT2D eigenvalue weighted by atomic mass is 16.2. The van der Waals surface area contributed by atoms with Crippen LogP contribution >= 0.6 is 0 Å². The number of hydrogen-bond acceptors (Lipinski definition) is 1. The molecule has 0 saturated heterocycles. The first kappa shape index (κ1) is 16.0. The van der Waals surface area contributed by atoms with E-state index in [9.17, 15) is 4.79 Å². The van der Waals surface area contributed by atoms with Gasteiger partial charge in [-0.05, 0) is 50.6 Å². The molecule has 0 bridgehead atoms. The van der Waals surface area contributed by atoms with Crippen LogP contribution < -0.4 is 0 Å². The first-order valence-corrected chi connectivity index (χ1v) is 7.36. The number of amides is 1. The lowest BCUT2D eigenvalue weighted by Crippen LogP contribution is -2.31. The lowest BCUT2D eigenvalue weighted by atomic mass is 9.98. The van der Waals surface area contributed by atoms with Crippen LogP contribution in [0.3, 0.4) is 0 Å². The summed E-state index contributed by atoms with van der Waals surface area (Å²) in [5.41, 5.74) is 1.81. The van der Waals surface area contributed by atoms with E-state index in [4.69, 9.17) is 0 Å². The maximum atomic E-state index is 12.0. The highest BCUT2D eigenvalue weighted by Gasteiger charge is 2.49. The summed E-state index contributed by atoms with van der Waals surface area (Å²) in [5.74, 6) is 0.876. The summed E-state index contributed by atoms with van der Waals surface area (Å²) >= 11 is 0. The zero-order chi connectivity index (χ0) is 14.6. The van der Waals surface area contributed by atoms with Crippen molar-refractivity contribution in [2.24, 2.45) is 17.3 Å². The molecule has 2 nitrogen and oxygen atoms in total. The van der Waals surface area contributed by atoms with E-state index in [0.29, 0.717) is 11.3 Å². The molecule has 0 aromatic heterocycles. The zero-order valence-electron chi connectivity index (χ0n) is 13.2. The van der Waals surface area contributed by atoms with Crippen molar-refractivity contribution >= 4 is 5.91 Å². The monoisotopic (exact) mass is 263 g/mol. The molecule has 2 heteroatoms. The molecule has 1 saturated carbocycles. The van der Waals surface area contributed by atoms with Crippen LogP contribution in [0.25, 0.3) is 0 Å². The molecule has 0 heterocycles. The van der Waals surface area contributed by atoms with Crippen molar-refractivity contribution in [1.82, 2.24) is 4.90 Å². The molecule has 2 unspecified atom stereocenters. The van der Waals surface area contributed by atoms with E-state index in [1.807, 2.05) is 18.7 Å². The predicted molar refractivity (Wildman–Crippen MR) is 81.6 cm³/mol. The summed E-state index contributed by atoms with van der Waals surface area (Å²) in [5, 5.41) is 0. The number of nitrogens with zero attached hydrogens (tertiary/aromatic N) is 1. The molecular formula is C17H29NO. The normalized spacial score (nSPS) is 25.1. The van der Waals surface area contributed by atoms with Crippen molar-refractivity contribution in [3.8, 4) is 0 Å². The van der Waals surface area contributed by atoms with Gasteiger partial charge in [0.2, 0.25) is 5.91 Å². The van der Waals surface area contributed by atoms with Gasteiger partial charge >= 0.3 is 0 Å². The quantitative estimate of drug-likeness (QED) is 0.624.